The second-order valence-electron chi connectivity index (χ2n) is 19.5. The number of hydrogen-bond donors (Lipinski definition) is 3. The molecule has 17 heteroatoms. The number of esters is 3. The van der Waals surface area contributed by atoms with Gasteiger partial charge in [-0.15, -0.1) is 6.58 Å². The monoisotopic (exact) mass is 1220 g/mol. The maximum absolute atomic E-state index is 12.8. The fourth-order valence-electron chi connectivity index (χ4n) is 8.06. The summed E-state index contributed by atoms with van der Waals surface area (Å²) in [7, 11) is 1.17. The van der Waals surface area contributed by atoms with E-state index in [1.54, 1.807) is 47.6 Å². The molecule has 0 saturated heterocycles. The fourth-order valence-corrected chi connectivity index (χ4v) is 8.06. The molecule has 84 heavy (non-hydrogen) atoms. The molecule has 1 rings (SSSR count). The van der Waals surface area contributed by atoms with Gasteiger partial charge in [0.1, 0.15) is 13.2 Å². The molecule has 0 bridgehead atoms. The molecule has 17 nitrogen and oxygen atoms in total. The third-order valence-electron chi connectivity index (χ3n) is 12.2. The van der Waals surface area contributed by atoms with Crippen LogP contribution in [0, 0.1) is 33.0 Å². The van der Waals surface area contributed by atoms with Crippen LogP contribution in [0.2, 0.25) is 0 Å². The standard InChI is InChI=1S/C28H48O11.C25H38O6.14CH4/c1-8-10-11-36-12-13-37-14-15-38-16-17-39-25(34)26(3,4)20-28(6,24(32)33)19-21(22(29)35-7)18-27(5,9-2)23(30)31;1-6-13-29-14-15-30-16-17-31-23(28)24(3,4)19-25(5,22(26)27)18-20(7-2)21-11-9-8-10-12-21;;;;;;;;;;;;;;/h8,10,21H,9,11-20H2,1-7H3,(H,30,31)(H,32,33);6,8-12,20H,1,7,13-19H2,2-5H3,(H,26,27);14*1H4/b10-8-;;;;;;;;;;;;;;;. The predicted octanol–water partition coefficient (Wildman–Crippen LogP) is 17.5. The van der Waals surface area contributed by atoms with E-state index in [0.29, 0.717) is 59.3 Å². The number of methoxy groups -OCH3 is 1. The summed E-state index contributed by atoms with van der Waals surface area (Å²) in [5.41, 5.74) is -4.85. The van der Waals surface area contributed by atoms with E-state index in [2.05, 4.69) is 13.5 Å². The summed E-state index contributed by atoms with van der Waals surface area (Å²) in [6, 6.07) is 9.93. The molecule has 1 aromatic rings. The molecule has 0 heterocycles. The Morgan fingerprint density at radius 1 is 0.500 bits per heavy atom. The van der Waals surface area contributed by atoms with Gasteiger partial charge in [0, 0.05) is 0 Å². The molecule has 5 atom stereocenters. The average molecular weight is 1220 g/mol. The highest BCUT2D eigenvalue weighted by atomic mass is 16.6. The lowest BCUT2D eigenvalue weighted by Gasteiger charge is -2.36. The van der Waals surface area contributed by atoms with Crippen LogP contribution >= 0.6 is 0 Å². The number of carbonyl (C=O) groups excluding carboxylic acids is 3. The predicted molar refractivity (Wildman–Crippen MR) is 358 cm³/mol. The first-order chi connectivity index (χ1) is 32.8. The van der Waals surface area contributed by atoms with Crippen LogP contribution in [0.4, 0.5) is 0 Å². The van der Waals surface area contributed by atoms with Gasteiger partial charge in [-0.3, -0.25) is 28.8 Å². The number of aliphatic carboxylic acids is 3. The molecule has 0 aliphatic rings. The normalized spacial score (nSPS) is 12.7. The Hall–Kier alpha value is -4.68. The molecule has 0 spiro atoms. The van der Waals surface area contributed by atoms with Gasteiger partial charge in [0.15, 0.2) is 0 Å². The van der Waals surface area contributed by atoms with Crippen LogP contribution in [0.15, 0.2) is 55.1 Å². The summed E-state index contributed by atoms with van der Waals surface area (Å²) >= 11 is 0. The van der Waals surface area contributed by atoms with E-state index in [-0.39, 0.29) is 168 Å². The zero-order valence-corrected chi connectivity index (χ0v) is 44.0. The quantitative estimate of drug-likeness (QED) is 0.0241. The lowest BCUT2D eigenvalue weighted by atomic mass is 9.67. The van der Waals surface area contributed by atoms with Gasteiger partial charge in [-0.2, -0.15) is 0 Å². The van der Waals surface area contributed by atoms with Gasteiger partial charge in [-0.05, 0) is 112 Å². The first kappa shape index (κ1) is 118. The minimum Gasteiger partial charge on any atom is -0.481 e. The highest BCUT2D eigenvalue weighted by molar-refractivity contribution is 5.82. The largest absolute Gasteiger partial charge is 0.481 e. The van der Waals surface area contributed by atoms with Crippen molar-refractivity contribution in [3.05, 3.63) is 60.7 Å². The van der Waals surface area contributed by atoms with Crippen LogP contribution in [0.3, 0.4) is 0 Å². The summed E-state index contributed by atoms with van der Waals surface area (Å²) < 4.78 is 42.2. The Balaban J connectivity index is -0.0000000759. The van der Waals surface area contributed by atoms with Crippen LogP contribution in [-0.4, -0.2) is 138 Å². The molecule has 0 aromatic heterocycles. The highest BCUT2D eigenvalue weighted by Gasteiger charge is 2.48. The van der Waals surface area contributed by atoms with Crippen molar-refractivity contribution in [2.24, 2.45) is 33.0 Å². The molecule has 512 valence electrons. The SMILES string of the molecule is C.C.C.C.C.C.C.C.C.C.C.C.C.C.C/C=C\COCCOCCOCCOC(=O)C(C)(C)CC(C)(CC(CC(C)(CC)C(=O)O)C(=O)OC)C(=O)O.C=CCOCCOCCOC(=O)C(C)(C)CC(C)(CC(CC)c1ccccc1)C(=O)O. The van der Waals surface area contributed by atoms with Crippen molar-refractivity contribution in [1.82, 2.24) is 0 Å². The summed E-state index contributed by atoms with van der Waals surface area (Å²) in [6.45, 7) is 24.5. The molecule has 5 unspecified atom stereocenters. The van der Waals surface area contributed by atoms with Gasteiger partial charge >= 0.3 is 35.8 Å². The second kappa shape index (κ2) is 61.4. The van der Waals surface area contributed by atoms with Gasteiger partial charge in [-0.1, -0.05) is 166 Å². The summed E-state index contributed by atoms with van der Waals surface area (Å²) in [6.07, 6.45) is 6.75. The van der Waals surface area contributed by atoms with Crippen molar-refractivity contribution in [1.29, 1.82) is 0 Å². The van der Waals surface area contributed by atoms with Crippen molar-refractivity contribution >= 4 is 35.8 Å². The molecular formula is C67H142O17. The van der Waals surface area contributed by atoms with Crippen LogP contribution in [-0.2, 0) is 66.7 Å². The van der Waals surface area contributed by atoms with E-state index in [0.717, 1.165) is 12.0 Å². The Labute approximate surface area is 520 Å². The maximum Gasteiger partial charge on any atom is 0.311 e. The number of hydrogen-bond acceptors (Lipinski definition) is 14. The lowest BCUT2D eigenvalue weighted by molar-refractivity contribution is -0.164. The molecule has 0 fully saturated rings. The van der Waals surface area contributed by atoms with Crippen molar-refractivity contribution in [3.63, 3.8) is 0 Å². The Bertz CT molecular complexity index is 1750. The zero-order valence-electron chi connectivity index (χ0n) is 44.0. The van der Waals surface area contributed by atoms with E-state index in [4.69, 9.17) is 37.9 Å². The number of ether oxygens (including phenoxy) is 8. The van der Waals surface area contributed by atoms with Crippen LogP contribution in [0.5, 0.6) is 0 Å². The van der Waals surface area contributed by atoms with Crippen LogP contribution in [0.1, 0.15) is 230 Å². The molecule has 0 amide bonds. The number of rotatable bonds is 38. The number of allylic oxidation sites excluding steroid dienone is 1. The minimum absolute atomic E-state index is 0. The summed E-state index contributed by atoms with van der Waals surface area (Å²) in [5, 5.41) is 29.7. The first-order valence-corrected chi connectivity index (χ1v) is 24.1. The van der Waals surface area contributed by atoms with E-state index >= 15 is 0 Å². The minimum atomic E-state index is -1.53. The zero-order chi connectivity index (χ0) is 53.4. The van der Waals surface area contributed by atoms with Gasteiger partial charge in [0.05, 0.1) is 106 Å². The highest BCUT2D eigenvalue weighted by Crippen LogP contribution is 2.44. The fraction of sp³-hybridized carbons (Fsp3) is 0.761. The molecular weight excluding hydrogens is 1080 g/mol. The topological polar surface area (TPSA) is 237 Å². The van der Waals surface area contributed by atoms with Gasteiger partial charge in [0.25, 0.3) is 0 Å². The molecule has 1 aromatic carbocycles. The number of benzene rings is 1. The smallest absolute Gasteiger partial charge is 0.311 e. The van der Waals surface area contributed by atoms with Crippen molar-refractivity contribution in [2.45, 2.75) is 224 Å². The van der Waals surface area contributed by atoms with E-state index in [1.807, 2.05) is 49.4 Å². The Morgan fingerprint density at radius 2 is 0.833 bits per heavy atom. The number of carboxylic acid groups (broad SMARTS) is 3. The van der Waals surface area contributed by atoms with Crippen LogP contribution in [0.25, 0.3) is 0 Å². The average Bonchev–Trinajstić information content (AvgIpc) is 3.31. The Kier molecular flexibility index (Phi) is 86.0. The second-order valence-corrected chi connectivity index (χ2v) is 19.5. The molecule has 0 aliphatic heterocycles. The third kappa shape index (κ3) is 45.7. The summed E-state index contributed by atoms with van der Waals surface area (Å²) in [5.74, 6) is -5.78. The van der Waals surface area contributed by atoms with Gasteiger partial charge < -0.3 is 53.2 Å². The van der Waals surface area contributed by atoms with E-state index in [9.17, 15) is 44.1 Å². The van der Waals surface area contributed by atoms with Crippen LogP contribution < -0.4 is 0 Å². The lowest BCUT2D eigenvalue weighted by Crippen LogP contribution is -2.42. The van der Waals surface area contributed by atoms with Gasteiger partial charge in [-0.25, -0.2) is 0 Å². The molecule has 0 aliphatic carbocycles. The van der Waals surface area contributed by atoms with E-state index in [1.165, 1.54) is 21.0 Å². The Morgan fingerprint density at radius 3 is 1.15 bits per heavy atom. The molecule has 0 radical (unpaired) electrons. The van der Waals surface area contributed by atoms with Gasteiger partial charge in [0.2, 0.25) is 0 Å². The molecule has 3 N–H and O–H groups in total. The molecule has 0 saturated carbocycles. The first-order valence-electron chi connectivity index (χ1n) is 24.1. The maximum atomic E-state index is 12.8. The summed E-state index contributed by atoms with van der Waals surface area (Å²) in [4.78, 5) is 74.4. The van der Waals surface area contributed by atoms with Crippen molar-refractivity contribution in [3.8, 4) is 0 Å². The third-order valence-corrected chi connectivity index (χ3v) is 12.2. The number of carboxylic acids is 3. The van der Waals surface area contributed by atoms with Crippen molar-refractivity contribution in [2.75, 3.05) is 86.4 Å². The van der Waals surface area contributed by atoms with E-state index < -0.39 is 68.8 Å². The number of carbonyl (C=O) groups is 6. The van der Waals surface area contributed by atoms with Crippen molar-refractivity contribution < 1.29 is 82.0 Å².